The van der Waals surface area contributed by atoms with Gasteiger partial charge in [0.2, 0.25) is 0 Å². The van der Waals surface area contributed by atoms with Gasteiger partial charge in [0, 0.05) is 0 Å². The molecule has 0 radical (unpaired) electrons. The summed E-state index contributed by atoms with van der Waals surface area (Å²) < 4.78 is 15.8. The first-order chi connectivity index (χ1) is 8.71. The fraction of sp³-hybridized carbons (Fsp3) is 0.462. The predicted molar refractivity (Wildman–Crippen MR) is 65.4 cm³/mol. The molecule has 0 aromatic heterocycles. The lowest BCUT2D eigenvalue weighted by atomic mass is 10.2. The minimum atomic E-state index is -0.445. The first-order valence-corrected chi connectivity index (χ1v) is 5.63. The topological polar surface area (TPSA) is 71.7 Å². The quantitative estimate of drug-likeness (QED) is 0.743. The second-order valence-corrected chi connectivity index (χ2v) is 3.63. The number of methoxy groups -OCH3 is 1. The maximum Gasteiger partial charge on any atom is 0.161 e. The summed E-state index contributed by atoms with van der Waals surface area (Å²) in [4.78, 5) is 0. The van der Waals surface area contributed by atoms with Gasteiger partial charge in [0.15, 0.2) is 11.5 Å². The van der Waals surface area contributed by atoms with Gasteiger partial charge in [-0.3, -0.25) is 0 Å². The summed E-state index contributed by atoms with van der Waals surface area (Å²) in [7, 11) is 1.55. The number of aliphatic hydroxyl groups excluding tert-OH is 1. The molecule has 18 heavy (non-hydrogen) atoms. The third kappa shape index (κ3) is 4.24. The van der Waals surface area contributed by atoms with Crippen LogP contribution in [0.4, 0.5) is 0 Å². The molecule has 1 aromatic carbocycles. The Morgan fingerprint density at radius 2 is 2.11 bits per heavy atom. The highest BCUT2D eigenvalue weighted by Crippen LogP contribution is 2.27. The van der Waals surface area contributed by atoms with Crippen molar-refractivity contribution < 1.29 is 19.3 Å². The Kier molecular flexibility index (Phi) is 5.98. The molecule has 0 aliphatic carbocycles. The molecule has 0 fully saturated rings. The maximum atomic E-state index is 9.04. The van der Waals surface area contributed by atoms with Crippen LogP contribution in [0.1, 0.15) is 12.5 Å². The maximum absolute atomic E-state index is 9.04. The van der Waals surface area contributed by atoms with Gasteiger partial charge in [-0.2, -0.15) is 5.26 Å². The molecule has 0 heterocycles. The third-order valence-corrected chi connectivity index (χ3v) is 2.30. The molecule has 5 heteroatoms. The van der Waals surface area contributed by atoms with Gasteiger partial charge in [0.05, 0.1) is 26.4 Å². The van der Waals surface area contributed by atoms with Crippen molar-refractivity contribution in [3.8, 4) is 17.6 Å². The van der Waals surface area contributed by atoms with E-state index in [0.29, 0.717) is 24.7 Å². The molecule has 0 bridgehead atoms. The van der Waals surface area contributed by atoms with Crippen LogP contribution >= 0.6 is 0 Å². The standard InChI is InChI=1S/C13H17NO4/c1-10(8-14)17-5-6-18-13-7-11(9-15)3-4-12(13)16-2/h3-4,7,10,15H,5-6,9H2,1-2H3. The largest absolute Gasteiger partial charge is 0.493 e. The third-order valence-electron chi connectivity index (χ3n) is 2.30. The van der Waals surface area contributed by atoms with Gasteiger partial charge in [-0.1, -0.05) is 6.07 Å². The molecule has 0 spiro atoms. The number of rotatable bonds is 7. The van der Waals surface area contributed by atoms with Crippen LogP contribution in [0.5, 0.6) is 11.5 Å². The zero-order chi connectivity index (χ0) is 13.4. The minimum Gasteiger partial charge on any atom is -0.493 e. The number of benzene rings is 1. The monoisotopic (exact) mass is 251 g/mol. The Morgan fingerprint density at radius 1 is 1.33 bits per heavy atom. The Labute approximate surface area is 107 Å². The van der Waals surface area contributed by atoms with Crippen LogP contribution in [0.15, 0.2) is 18.2 Å². The second kappa shape index (κ2) is 7.54. The normalized spacial score (nSPS) is 11.7. The van der Waals surface area contributed by atoms with Crippen LogP contribution in [-0.4, -0.2) is 31.5 Å². The van der Waals surface area contributed by atoms with E-state index in [2.05, 4.69) is 0 Å². The highest BCUT2D eigenvalue weighted by Gasteiger charge is 2.06. The predicted octanol–water partition coefficient (Wildman–Crippen LogP) is 1.49. The first-order valence-electron chi connectivity index (χ1n) is 5.63. The zero-order valence-corrected chi connectivity index (χ0v) is 10.5. The Balaban J connectivity index is 2.52. The molecular weight excluding hydrogens is 234 g/mol. The molecule has 1 N–H and O–H groups in total. The van der Waals surface area contributed by atoms with E-state index in [1.165, 1.54) is 0 Å². The average molecular weight is 251 g/mol. The SMILES string of the molecule is COc1ccc(CO)cc1OCCOC(C)C#N. The van der Waals surface area contributed by atoms with Crippen molar-refractivity contribution in [1.29, 1.82) is 5.26 Å². The highest BCUT2D eigenvalue weighted by molar-refractivity contribution is 5.42. The van der Waals surface area contributed by atoms with Crippen LogP contribution in [-0.2, 0) is 11.3 Å². The fourth-order valence-electron chi connectivity index (χ4n) is 1.35. The van der Waals surface area contributed by atoms with Crippen LogP contribution in [0, 0.1) is 11.3 Å². The molecule has 1 unspecified atom stereocenters. The van der Waals surface area contributed by atoms with Gasteiger partial charge in [0.1, 0.15) is 12.7 Å². The summed E-state index contributed by atoms with van der Waals surface area (Å²) in [6, 6.07) is 7.18. The fourth-order valence-corrected chi connectivity index (χ4v) is 1.35. The molecule has 1 rings (SSSR count). The van der Waals surface area contributed by atoms with Gasteiger partial charge in [-0.15, -0.1) is 0 Å². The first kappa shape index (κ1) is 14.3. The van der Waals surface area contributed by atoms with Crippen LogP contribution in [0.3, 0.4) is 0 Å². The second-order valence-electron chi connectivity index (χ2n) is 3.63. The lowest BCUT2D eigenvalue weighted by molar-refractivity contribution is 0.0736. The van der Waals surface area contributed by atoms with Crippen molar-refractivity contribution in [2.24, 2.45) is 0 Å². The molecule has 0 aliphatic heterocycles. The van der Waals surface area contributed by atoms with Crippen molar-refractivity contribution in [3.05, 3.63) is 23.8 Å². The van der Waals surface area contributed by atoms with Crippen molar-refractivity contribution in [2.75, 3.05) is 20.3 Å². The van der Waals surface area contributed by atoms with E-state index >= 15 is 0 Å². The van der Waals surface area contributed by atoms with E-state index in [4.69, 9.17) is 24.6 Å². The number of nitrogens with zero attached hydrogens (tertiary/aromatic N) is 1. The van der Waals surface area contributed by atoms with Crippen LogP contribution in [0.2, 0.25) is 0 Å². The molecule has 0 saturated carbocycles. The van der Waals surface area contributed by atoms with E-state index in [9.17, 15) is 0 Å². The van der Waals surface area contributed by atoms with Crippen LogP contribution in [0.25, 0.3) is 0 Å². The van der Waals surface area contributed by atoms with E-state index in [-0.39, 0.29) is 6.61 Å². The molecule has 0 amide bonds. The van der Waals surface area contributed by atoms with Crippen molar-refractivity contribution >= 4 is 0 Å². The summed E-state index contributed by atoms with van der Waals surface area (Å²) >= 11 is 0. The lowest BCUT2D eigenvalue weighted by Gasteiger charge is -2.12. The number of ether oxygens (including phenoxy) is 3. The molecule has 1 atom stereocenters. The van der Waals surface area contributed by atoms with Crippen molar-refractivity contribution in [2.45, 2.75) is 19.6 Å². The van der Waals surface area contributed by atoms with Crippen molar-refractivity contribution in [1.82, 2.24) is 0 Å². The summed E-state index contributed by atoms with van der Waals surface area (Å²) in [6.07, 6.45) is -0.445. The Hall–Kier alpha value is -1.77. The molecule has 0 saturated heterocycles. The highest BCUT2D eigenvalue weighted by atomic mass is 16.5. The molecule has 0 aliphatic rings. The van der Waals surface area contributed by atoms with Crippen molar-refractivity contribution in [3.63, 3.8) is 0 Å². The van der Waals surface area contributed by atoms with Gasteiger partial charge < -0.3 is 19.3 Å². The van der Waals surface area contributed by atoms with E-state index in [1.54, 1.807) is 32.2 Å². The number of nitriles is 1. The van der Waals surface area contributed by atoms with Gasteiger partial charge in [0.25, 0.3) is 0 Å². The summed E-state index contributed by atoms with van der Waals surface area (Å²) in [5.74, 6) is 1.15. The number of aliphatic hydroxyl groups is 1. The minimum absolute atomic E-state index is 0.0533. The molecule has 1 aromatic rings. The molecule has 5 nitrogen and oxygen atoms in total. The van der Waals surface area contributed by atoms with Crippen LogP contribution < -0.4 is 9.47 Å². The van der Waals surface area contributed by atoms with Gasteiger partial charge in [-0.05, 0) is 24.6 Å². The molecule has 98 valence electrons. The lowest BCUT2D eigenvalue weighted by Crippen LogP contribution is -2.12. The smallest absolute Gasteiger partial charge is 0.161 e. The number of hydrogen-bond donors (Lipinski definition) is 1. The summed E-state index contributed by atoms with van der Waals surface area (Å²) in [5.41, 5.74) is 0.747. The van der Waals surface area contributed by atoms with Gasteiger partial charge in [-0.25, -0.2) is 0 Å². The molecular formula is C13H17NO4. The van der Waals surface area contributed by atoms with Gasteiger partial charge >= 0.3 is 0 Å². The number of hydrogen-bond acceptors (Lipinski definition) is 5. The Bertz CT molecular complexity index is 414. The summed E-state index contributed by atoms with van der Waals surface area (Å²) in [6.45, 7) is 2.26. The van der Waals surface area contributed by atoms with E-state index in [1.807, 2.05) is 6.07 Å². The average Bonchev–Trinajstić information content (AvgIpc) is 2.42. The van der Waals surface area contributed by atoms with E-state index in [0.717, 1.165) is 5.56 Å². The van der Waals surface area contributed by atoms with E-state index < -0.39 is 6.10 Å². The zero-order valence-electron chi connectivity index (χ0n) is 10.5. The Morgan fingerprint density at radius 3 is 2.72 bits per heavy atom. The summed E-state index contributed by atoms with van der Waals surface area (Å²) in [5, 5.41) is 17.6.